The lowest BCUT2D eigenvalue weighted by molar-refractivity contribution is -0.137. The molecule has 0 aliphatic heterocycles. The second-order valence-electron chi connectivity index (χ2n) is 7.32. The van der Waals surface area contributed by atoms with Gasteiger partial charge in [0, 0.05) is 23.3 Å². The van der Waals surface area contributed by atoms with Crippen LogP contribution in [0, 0.1) is 11.3 Å². The Kier molecular flexibility index (Phi) is 4.36. The van der Waals surface area contributed by atoms with Gasteiger partial charge in [0.25, 0.3) is 0 Å². The largest absolute Gasteiger partial charge is 0.417 e. The van der Waals surface area contributed by atoms with Crippen molar-refractivity contribution in [3.63, 3.8) is 0 Å². The summed E-state index contributed by atoms with van der Waals surface area (Å²) in [5, 5.41) is 13.1. The molecular formula is C22H15F3N6. The standard InChI is InChI=1S/C22H15F3N6/c23-22(24,25)14-7-16-17(11-28-20(16)27-10-14)19-13(8-26)9-29-21(31-19)30-18-6-5-12-3-1-2-4-15(12)18/h1-4,7,9-11,18H,5-6H2,(H,27,28)(H,29,30,31). The lowest BCUT2D eigenvalue weighted by Gasteiger charge is -2.15. The topological polar surface area (TPSA) is 90.3 Å². The summed E-state index contributed by atoms with van der Waals surface area (Å²) in [5.74, 6) is 0.310. The highest BCUT2D eigenvalue weighted by molar-refractivity contribution is 5.94. The molecule has 0 bridgehead atoms. The Hall–Kier alpha value is -3.93. The first-order chi connectivity index (χ1) is 14.9. The van der Waals surface area contributed by atoms with Gasteiger partial charge in [-0.2, -0.15) is 18.4 Å². The third kappa shape index (κ3) is 3.36. The van der Waals surface area contributed by atoms with Crippen molar-refractivity contribution in [2.45, 2.75) is 25.1 Å². The van der Waals surface area contributed by atoms with Crippen molar-refractivity contribution in [2.24, 2.45) is 0 Å². The van der Waals surface area contributed by atoms with Gasteiger partial charge in [-0.25, -0.2) is 15.0 Å². The van der Waals surface area contributed by atoms with Gasteiger partial charge in [0.2, 0.25) is 5.95 Å². The fourth-order valence-electron chi connectivity index (χ4n) is 3.96. The number of hydrogen-bond donors (Lipinski definition) is 2. The SMILES string of the molecule is N#Cc1cnc(NC2CCc3ccccc32)nc1-c1c[nH]c2ncc(C(F)(F)F)cc12. The predicted octanol–water partition coefficient (Wildman–Crippen LogP) is 5.01. The Bertz CT molecular complexity index is 1340. The third-order valence-electron chi connectivity index (χ3n) is 5.46. The van der Waals surface area contributed by atoms with Gasteiger partial charge < -0.3 is 10.3 Å². The minimum Gasteiger partial charge on any atom is -0.347 e. The molecule has 0 radical (unpaired) electrons. The number of H-pyrrole nitrogens is 1. The van der Waals surface area contributed by atoms with Gasteiger partial charge in [-0.1, -0.05) is 24.3 Å². The maximum Gasteiger partial charge on any atom is 0.417 e. The van der Waals surface area contributed by atoms with Crippen molar-refractivity contribution in [1.82, 2.24) is 19.9 Å². The maximum atomic E-state index is 13.2. The number of alkyl halides is 3. The molecule has 31 heavy (non-hydrogen) atoms. The van der Waals surface area contributed by atoms with Crippen molar-refractivity contribution in [3.8, 4) is 17.3 Å². The zero-order valence-corrected chi connectivity index (χ0v) is 16.0. The van der Waals surface area contributed by atoms with Gasteiger partial charge in [0.1, 0.15) is 11.7 Å². The van der Waals surface area contributed by atoms with Gasteiger partial charge in [-0.05, 0) is 30.0 Å². The first kappa shape index (κ1) is 19.1. The maximum absolute atomic E-state index is 13.2. The summed E-state index contributed by atoms with van der Waals surface area (Å²) in [7, 11) is 0. The number of fused-ring (bicyclic) bond motifs is 2. The van der Waals surface area contributed by atoms with E-state index in [1.807, 2.05) is 18.2 Å². The van der Waals surface area contributed by atoms with Crippen LogP contribution in [-0.2, 0) is 12.6 Å². The lowest BCUT2D eigenvalue weighted by Crippen LogP contribution is -2.10. The van der Waals surface area contributed by atoms with Gasteiger partial charge in [-0.15, -0.1) is 0 Å². The number of hydrogen-bond acceptors (Lipinski definition) is 5. The molecule has 0 fully saturated rings. The first-order valence-electron chi connectivity index (χ1n) is 9.60. The monoisotopic (exact) mass is 420 g/mol. The van der Waals surface area contributed by atoms with Crippen LogP contribution in [0.2, 0.25) is 0 Å². The summed E-state index contributed by atoms with van der Waals surface area (Å²) in [6.07, 6.45) is 0.955. The molecule has 1 aliphatic carbocycles. The van der Waals surface area contributed by atoms with E-state index in [1.54, 1.807) is 0 Å². The minimum atomic E-state index is -4.53. The Balaban J connectivity index is 1.56. The van der Waals surface area contributed by atoms with E-state index in [0.717, 1.165) is 25.1 Å². The summed E-state index contributed by atoms with van der Waals surface area (Å²) >= 11 is 0. The summed E-state index contributed by atoms with van der Waals surface area (Å²) in [4.78, 5) is 15.4. The molecule has 0 amide bonds. The minimum absolute atomic E-state index is 0.0263. The molecule has 1 unspecified atom stereocenters. The molecule has 0 saturated carbocycles. The highest BCUT2D eigenvalue weighted by atomic mass is 19.4. The summed E-state index contributed by atoms with van der Waals surface area (Å²) in [5.41, 5.74) is 2.62. The van der Waals surface area contributed by atoms with Crippen LogP contribution < -0.4 is 5.32 Å². The molecule has 0 saturated heterocycles. The quantitative estimate of drug-likeness (QED) is 0.486. The van der Waals surface area contributed by atoms with Crippen molar-refractivity contribution in [1.29, 1.82) is 5.26 Å². The number of aromatic nitrogens is 4. The Morgan fingerprint density at radius 3 is 2.81 bits per heavy atom. The molecule has 0 spiro atoms. The number of nitriles is 1. The zero-order valence-electron chi connectivity index (χ0n) is 16.0. The zero-order chi connectivity index (χ0) is 21.6. The Morgan fingerprint density at radius 2 is 2.00 bits per heavy atom. The molecule has 3 aromatic heterocycles. The summed E-state index contributed by atoms with van der Waals surface area (Å²) in [6, 6.07) is 11.2. The first-order valence-corrected chi connectivity index (χ1v) is 9.60. The normalized spacial score (nSPS) is 15.6. The van der Waals surface area contributed by atoms with Crippen LogP contribution in [0.25, 0.3) is 22.3 Å². The van der Waals surface area contributed by atoms with E-state index in [2.05, 4.69) is 37.4 Å². The molecule has 3 heterocycles. The molecule has 154 valence electrons. The van der Waals surface area contributed by atoms with E-state index in [9.17, 15) is 18.4 Å². The number of halogens is 3. The number of anilines is 1. The lowest BCUT2D eigenvalue weighted by atomic mass is 10.1. The predicted molar refractivity (Wildman–Crippen MR) is 108 cm³/mol. The smallest absolute Gasteiger partial charge is 0.347 e. The van der Waals surface area contributed by atoms with E-state index < -0.39 is 11.7 Å². The van der Waals surface area contributed by atoms with Crippen LogP contribution in [0.4, 0.5) is 19.1 Å². The molecular weight excluding hydrogens is 405 g/mol. The average molecular weight is 420 g/mol. The molecule has 6 nitrogen and oxygen atoms in total. The van der Waals surface area contributed by atoms with Gasteiger partial charge >= 0.3 is 6.18 Å². The van der Waals surface area contributed by atoms with Crippen LogP contribution in [0.3, 0.4) is 0 Å². The fraction of sp³-hybridized carbons (Fsp3) is 0.182. The van der Waals surface area contributed by atoms with Crippen molar-refractivity contribution in [3.05, 3.63) is 71.2 Å². The molecule has 1 aliphatic rings. The van der Waals surface area contributed by atoms with E-state index in [1.165, 1.54) is 23.5 Å². The summed E-state index contributed by atoms with van der Waals surface area (Å²) < 4.78 is 39.5. The van der Waals surface area contributed by atoms with Gasteiger partial charge in [-0.3, -0.25) is 0 Å². The van der Waals surface area contributed by atoms with Crippen LogP contribution in [0.5, 0.6) is 0 Å². The van der Waals surface area contributed by atoms with E-state index >= 15 is 0 Å². The van der Waals surface area contributed by atoms with E-state index in [4.69, 9.17) is 0 Å². The van der Waals surface area contributed by atoms with E-state index in [0.29, 0.717) is 11.5 Å². The van der Waals surface area contributed by atoms with Crippen LogP contribution >= 0.6 is 0 Å². The number of nitrogens with one attached hydrogen (secondary N) is 2. The molecule has 5 rings (SSSR count). The fourth-order valence-corrected chi connectivity index (χ4v) is 3.96. The van der Waals surface area contributed by atoms with Gasteiger partial charge in [0.05, 0.1) is 29.1 Å². The average Bonchev–Trinajstić information content (AvgIpc) is 3.37. The highest BCUT2D eigenvalue weighted by Gasteiger charge is 2.32. The second-order valence-corrected chi connectivity index (χ2v) is 7.32. The molecule has 1 atom stereocenters. The highest BCUT2D eigenvalue weighted by Crippen LogP contribution is 2.36. The number of rotatable bonds is 3. The Labute approximate surface area is 174 Å². The molecule has 4 aromatic rings. The third-order valence-corrected chi connectivity index (χ3v) is 5.46. The van der Waals surface area contributed by atoms with Crippen LogP contribution in [-0.4, -0.2) is 19.9 Å². The van der Waals surface area contributed by atoms with Crippen LogP contribution in [0.1, 0.15) is 34.7 Å². The van der Waals surface area contributed by atoms with Crippen LogP contribution in [0.15, 0.2) is 48.9 Å². The number of nitrogens with zero attached hydrogens (tertiary/aromatic N) is 4. The Morgan fingerprint density at radius 1 is 1.16 bits per heavy atom. The molecule has 9 heteroatoms. The summed E-state index contributed by atoms with van der Waals surface area (Å²) in [6.45, 7) is 0. The molecule has 1 aromatic carbocycles. The second kappa shape index (κ2) is 7.09. The molecule has 2 N–H and O–H groups in total. The van der Waals surface area contributed by atoms with Crippen molar-refractivity contribution < 1.29 is 13.2 Å². The number of aromatic amines is 1. The van der Waals surface area contributed by atoms with Gasteiger partial charge in [0.15, 0.2) is 0 Å². The van der Waals surface area contributed by atoms with Crippen molar-refractivity contribution >= 4 is 17.0 Å². The van der Waals surface area contributed by atoms with Crippen molar-refractivity contribution in [2.75, 3.05) is 5.32 Å². The number of aryl methyl sites for hydroxylation is 1. The number of benzene rings is 1. The van der Waals surface area contributed by atoms with E-state index in [-0.39, 0.29) is 28.3 Å². The number of pyridine rings is 1.